The lowest BCUT2D eigenvalue weighted by atomic mass is 9.97. The summed E-state index contributed by atoms with van der Waals surface area (Å²) in [6.07, 6.45) is 4.71. The molecule has 0 N–H and O–H groups in total. The largest absolute Gasteiger partial charge is 0.486 e. The van der Waals surface area contributed by atoms with Crippen molar-refractivity contribution in [2.75, 3.05) is 33.4 Å². The molecule has 25 heavy (non-hydrogen) atoms. The molecule has 4 rings (SSSR count). The van der Waals surface area contributed by atoms with Crippen LogP contribution >= 0.6 is 0 Å². The number of carbonyl (C=O) groups is 1. The molecule has 0 bridgehead atoms. The Bertz CT molecular complexity index is 648. The third-order valence-corrected chi connectivity index (χ3v) is 6.04. The van der Waals surface area contributed by atoms with E-state index in [-0.39, 0.29) is 11.8 Å². The van der Waals surface area contributed by atoms with Gasteiger partial charge in [-0.2, -0.15) is 0 Å². The molecule has 2 saturated heterocycles. The molecule has 0 aromatic heterocycles. The Morgan fingerprint density at radius 1 is 1.08 bits per heavy atom. The third kappa shape index (κ3) is 3.10. The molecule has 136 valence electrons. The summed E-state index contributed by atoms with van der Waals surface area (Å²) in [5.41, 5.74) is 1.01. The van der Waals surface area contributed by atoms with Crippen molar-refractivity contribution in [3.63, 3.8) is 0 Å². The molecular weight excluding hydrogens is 316 g/mol. The van der Waals surface area contributed by atoms with E-state index in [1.165, 1.54) is 12.8 Å². The van der Waals surface area contributed by atoms with Crippen LogP contribution in [0.5, 0.6) is 11.5 Å². The van der Waals surface area contributed by atoms with Gasteiger partial charge in [0.05, 0.1) is 5.92 Å². The smallest absolute Gasteiger partial charge is 0.230 e. The first kappa shape index (κ1) is 16.7. The van der Waals surface area contributed by atoms with Crippen molar-refractivity contribution < 1.29 is 14.3 Å². The Balaban J connectivity index is 1.51. The molecule has 3 heterocycles. The highest BCUT2D eigenvalue weighted by Crippen LogP contribution is 2.35. The first-order valence-electron chi connectivity index (χ1n) is 9.55. The van der Waals surface area contributed by atoms with Crippen LogP contribution in [-0.4, -0.2) is 61.1 Å². The Hall–Kier alpha value is -1.75. The normalized spacial score (nSPS) is 27.5. The number of carbonyl (C=O) groups excluding carboxylic acids is 1. The maximum Gasteiger partial charge on any atom is 0.230 e. The quantitative estimate of drug-likeness (QED) is 0.845. The highest BCUT2D eigenvalue weighted by Gasteiger charge is 2.39. The van der Waals surface area contributed by atoms with Gasteiger partial charge in [0.15, 0.2) is 11.5 Å². The molecule has 5 nitrogen and oxygen atoms in total. The molecular formula is C20H28N2O3. The Morgan fingerprint density at radius 2 is 1.80 bits per heavy atom. The third-order valence-electron chi connectivity index (χ3n) is 6.04. The SMILES string of the molecule is C[C@H](C(=O)N1CCC[C@H]1[C@H]1CCCN1C)c1ccc2c(c1)OCCO2. The van der Waals surface area contributed by atoms with Crippen molar-refractivity contribution >= 4 is 5.91 Å². The number of hydrogen-bond acceptors (Lipinski definition) is 4. The fourth-order valence-corrected chi connectivity index (χ4v) is 4.61. The number of benzene rings is 1. The number of hydrogen-bond donors (Lipinski definition) is 0. The lowest BCUT2D eigenvalue weighted by molar-refractivity contribution is -0.134. The Morgan fingerprint density at radius 3 is 2.56 bits per heavy atom. The second kappa shape index (κ2) is 6.87. The summed E-state index contributed by atoms with van der Waals surface area (Å²) in [4.78, 5) is 17.8. The molecule has 1 aromatic carbocycles. The average Bonchev–Trinajstić information content (AvgIpc) is 3.28. The van der Waals surface area contributed by atoms with Crippen molar-refractivity contribution in [3.8, 4) is 11.5 Å². The van der Waals surface area contributed by atoms with Gasteiger partial charge in [-0.05, 0) is 63.9 Å². The minimum absolute atomic E-state index is 0.150. The van der Waals surface area contributed by atoms with Crippen LogP contribution in [-0.2, 0) is 4.79 Å². The van der Waals surface area contributed by atoms with E-state index in [4.69, 9.17) is 9.47 Å². The van der Waals surface area contributed by atoms with E-state index in [2.05, 4.69) is 16.8 Å². The van der Waals surface area contributed by atoms with Gasteiger partial charge in [-0.1, -0.05) is 6.07 Å². The summed E-state index contributed by atoms with van der Waals surface area (Å²) < 4.78 is 11.3. The van der Waals surface area contributed by atoms with Gasteiger partial charge in [0.1, 0.15) is 13.2 Å². The van der Waals surface area contributed by atoms with Gasteiger partial charge in [0.2, 0.25) is 5.91 Å². The zero-order valence-electron chi connectivity index (χ0n) is 15.2. The van der Waals surface area contributed by atoms with Gasteiger partial charge in [-0.15, -0.1) is 0 Å². The second-order valence-corrected chi connectivity index (χ2v) is 7.56. The molecule has 3 aliphatic heterocycles. The number of likely N-dealkylation sites (N-methyl/N-ethyl adjacent to an activating group) is 1. The van der Waals surface area contributed by atoms with Gasteiger partial charge in [-0.3, -0.25) is 4.79 Å². The van der Waals surface area contributed by atoms with Crippen LogP contribution in [0.4, 0.5) is 0 Å². The Labute approximate surface area is 149 Å². The summed E-state index contributed by atoms with van der Waals surface area (Å²) in [5, 5.41) is 0. The highest BCUT2D eigenvalue weighted by atomic mass is 16.6. The monoisotopic (exact) mass is 344 g/mol. The molecule has 0 saturated carbocycles. The zero-order chi connectivity index (χ0) is 17.4. The lowest BCUT2D eigenvalue weighted by Gasteiger charge is -2.34. The fourth-order valence-electron chi connectivity index (χ4n) is 4.61. The summed E-state index contributed by atoms with van der Waals surface area (Å²) in [6.45, 7) is 5.22. The van der Waals surface area contributed by atoms with Gasteiger partial charge in [0, 0.05) is 18.6 Å². The Kier molecular flexibility index (Phi) is 4.59. The van der Waals surface area contributed by atoms with E-state index >= 15 is 0 Å². The standard InChI is InChI=1S/C20H28N2O3/c1-14(15-7-8-18-19(13-15)25-12-11-24-18)20(23)22-10-4-6-17(22)16-5-3-9-21(16)2/h7-8,13-14,16-17H,3-6,9-12H2,1-2H3/t14-,16+,17-/m0/s1. The first-order valence-corrected chi connectivity index (χ1v) is 9.55. The van der Waals surface area contributed by atoms with E-state index in [1.807, 2.05) is 25.1 Å². The first-order chi connectivity index (χ1) is 12.1. The molecule has 0 unspecified atom stereocenters. The molecule has 3 aliphatic rings. The van der Waals surface area contributed by atoms with Crippen molar-refractivity contribution in [1.29, 1.82) is 0 Å². The molecule has 2 fully saturated rings. The molecule has 0 radical (unpaired) electrons. The summed E-state index contributed by atoms with van der Waals surface area (Å²) >= 11 is 0. The molecule has 3 atom stereocenters. The molecule has 0 spiro atoms. The second-order valence-electron chi connectivity index (χ2n) is 7.56. The number of amides is 1. The van der Waals surface area contributed by atoms with E-state index < -0.39 is 0 Å². The maximum absolute atomic E-state index is 13.2. The summed E-state index contributed by atoms with van der Waals surface area (Å²) in [6, 6.07) is 6.81. The zero-order valence-corrected chi connectivity index (χ0v) is 15.2. The van der Waals surface area contributed by atoms with Crippen LogP contribution in [0.2, 0.25) is 0 Å². The molecule has 1 aromatic rings. The van der Waals surface area contributed by atoms with Crippen LogP contribution in [0.25, 0.3) is 0 Å². The van der Waals surface area contributed by atoms with Crippen molar-refractivity contribution in [2.24, 2.45) is 0 Å². The number of nitrogens with zero attached hydrogens (tertiary/aromatic N) is 2. The fraction of sp³-hybridized carbons (Fsp3) is 0.650. The number of rotatable bonds is 3. The van der Waals surface area contributed by atoms with Gasteiger partial charge < -0.3 is 19.3 Å². The number of likely N-dealkylation sites (tertiary alicyclic amines) is 2. The van der Waals surface area contributed by atoms with E-state index in [9.17, 15) is 4.79 Å². The topological polar surface area (TPSA) is 42.0 Å². The van der Waals surface area contributed by atoms with Crippen molar-refractivity contribution in [1.82, 2.24) is 9.80 Å². The molecule has 5 heteroatoms. The minimum atomic E-state index is -0.150. The van der Waals surface area contributed by atoms with Crippen LogP contribution in [0.3, 0.4) is 0 Å². The lowest BCUT2D eigenvalue weighted by Crippen LogP contribution is -2.48. The van der Waals surface area contributed by atoms with Crippen LogP contribution in [0.15, 0.2) is 18.2 Å². The van der Waals surface area contributed by atoms with Gasteiger partial charge in [0.25, 0.3) is 0 Å². The van der Waals surface area contributed by atoms with E-state index in [0.717, 1.165) is 43.0 Å². The van der Waals surface area contributed by atoms with Crippen LogP contribution in [0, 0.1) is 0 Å². The summed E-state index contributed by atoms with van der Waals surface area (Å²) in [5.74, 6) is 1.64. The van der Waals surface area contributed by atoms with E-state index in [1.54, 1.807) is 0 Å². The highest BCUT2D eigenvalue weighted by molar-refractivity contribution is 5.84. The predicted molar refractivity (Wildman–Crippen MR) is 96.2 cm³/mol. The number of ether oxygens (including phenoxy) is 2. The summed E-state index contributed by atoms with van der Waals surface area (Å²) in [7, 11) is 2.20. The van der Waals surface area contributed by atoms with Crippen molar-refractivity contribution in [3.05, 3.63) is 23.8 Å². The minimum Gasteiger partial charge on any atom is -0.486 e. The van der Waals surface area contributed by atoms with Crippen molar-refractivity contribution in [2.45, 2.75) is 50.6 Å². The molecule has 1 amide bonds. The van der Waals surface area contributed by atoms with Crippen LogP contribution < -0.4 is 9.47 Å². The van der Waals surface area contributed by atoms with Crippen LogP contribution in [0.1, 0.15) is 44.1 Å². The maximum atomic E-state index is 13.2. The van der Waals surface area contributed by atoms with Gasteiger partial charge >= 0.3 is 0 Å². The predicted octanol–water partition coefficient (Wildman–Crippen LogP) is 2.65. The average molecular weight is 344 g/mol. The van der Waals surface area contributed by atoms with Gasteiger partial charge in [-0.25, -0.2) is 0 Å². The molecule has 0 aliphatic carbocycles. The number of fused-ring (bicyclic) bond motifs is 1. The van der Waals surface area contributed by atoms with E-state index in [0.29, 0.717) is 25.3 Å².